The van der Waals surface area contributed by atoms with Crippen LogP contribution in [0.2, 0.25) is 0 Å². The van der Waals surface area contributed by atoms with Gasteiger partial charge in [0.25, 0.3) is 0 Å². The first kappa shape index (κ1) is 9.88. The van der Waals surface area contributed by atoms with Gasteiger partial charge in [0.15, 0.2) is 12.2 Å². The average Bonchev–Trinajstić information content (AvgIpc) is 2.69. The fourth-order valence-electron chi connectivity index (χ4n) is 1.25. The van der Waals surface area contributed by atoms with Crippen molar-refractivity contribution < 1.29 is 18.9 Å². The Balaban J connectivity index is 2.42. The van der Waals surface area contributed by atoms with Crippen LogP contribution in [0.1, 0.15) is 0 Å². The summed E-state index contributed by atoms with van der Waals surface area (Å²) in [7, 11) is -1.81. The molecule has 0 aliphatic rings. The average molecular weight is 207 g/mol. The molecule has 0 saturated heterocycles. The van der Waals surface area contributed by atoms with Gasteiger partial charge >= 0.3 is 7.12 Å². The van der Waals surface area contributed by atoms with E-state index in [0.29, 0.717) is 11.3 Å². The van der Waals surface area contributed by atoms with Crippen LogP contribution in [0.25, 0.3) is 11.3 Å². The maximum absolute atomic E-state index is 13.3. The van der Waals surface area contributed by atoms with Crippen molar-refractivity contribution >= 4 is 12.6 Å². The molecule has 0 aliphatic carbocycles. The van der Waals surface area contributed by atoms with Crippen LogP contribution in [-0.2, 0) is 0 Å². The van der Waals surface area contributed by atoms with Gasteiger partial charge < -0.3 is 14.5 Å². The van der Waals surface area contributed by atoms with Crippen LogP contribution in [0.3, 0.4) is 0 Å². The molecule has 2 rings (SSSR count). The summed E-state index contributed by atoms with van der Waals surface area (Å²) in [5, 5.41) is 17.6. The quantitative estimate of drug-likeness (QED) is 0.688. The Hall–Kier alpha value is -1.66. The highest BCUT2D eigenvalue weighted by Crippen LogP contribution is 2.18. The van der Waals surface area contributed by atoms with Gasteiger partial charge in [0.2, 0.25) is 0 Å². The molecule has 0 saturated carbocycles. The molecule has 0 bridgehead atoms. The highest BCUT2D eigenvalue weighted by atomic mass is 19.1. The van der Waals surface area contributed by atoms with Crippen molar-refractivity contribution in [3.8, 4) is 11.3 Å². The van der Waals surface area contributed by atoms with E-state index < -0.39 is 12.9 Å². The third kappa shape index (κ3) is 1.90. The largest absolute Gasteiger partial charge is 0.491 e. The molecular formula is C9H7BFNO3. The number of rotatable bonds is 2. The van der Waals surface area contributed by atoms with Gasteiger partial charge in [0.1, 0.15) is 5.82 Å². The maximum Gasteiger partial charge on any atom is 0.491 e. The van der Waals surface area contributed by atoms with Gasteiger partial charge in [0.05, 0.1) is 6.20 Å². The lowest BCUT2D eigenvalue weighted by Gasteiger charge is -2.02. The molecule has 1 aromatic heterocycles. The van der Waals surface area contributed by atoms with Crippen molar-refractivity contribution in [3.63, 3.8) is 0 Å². The zero-order chi connectivity index (χ0) is 10.8. The molecule has 2 N–H and O–H groups in total. The monoisotopic (exact) mass is 207 g/mol. The highest BCUT2D eigenvalue weighted by Gasteiger charge is 2.17. The molecule has 0 amide bonds. The molecule has 4 nitrogen and oxygen atoms in total. The fraction of sp³-hybridized carbons (Fsp3) is 0. The minimum Gasteiger partial charge on any atom is -0.444 e. The number of aromatic nitrogens is 1. The molecule has 0 atom stereocenters. The molecule has 6 heteroatoms. The van der Waals surface area contributed by atoms with Crippen molar-refractivity contribution in [3.05, 3.63) is 36.6 Å². The van der Waals surface area contributed by atoms with Crippen LogP contribution in [0, 0.1) is 5.82 Å². The summed E-state index contributed by atoms with van der Waals surface area (Å²) >= 11 is 0. The maximum atomic E-state index is 13.3. The summed E-state index contributed by atoms with van der Waals surface area (Å²) in [4.78, 5) is 3.70. The minimum absolute atomic E-state index is 0.168. The Kier molecular flexibility index (Phi) is 2.53. The van der Waals surface area contributed by atoms with E-state index in [2.05, 4.69) is 4.98 Å². The number of oxazole rings is 1. The number of halogens is 1. The Morgan fingerprint density at radius 1 is 1.33 bits per heavy atom. The van der Waals surface area contributed by atoms with Crippen LogP contribution in [-0.4, -0.2) is 22.2 Å². The van der Waals surface area contributed by atoms with Crippen LogP contribution in [0.15, 0.2) is 35.2 Å². The third-order valence-electron chi connectivity index (χ3n) is 2.00. The topological polar surface area (TPSA) is 66.5 Å². The second-order valence-electron chi connectivity index (χ2n) is 2.98. The van der Waals surface area contributed by atoms with Crippen molar-refractivity contribution in [1.82, 2.24) is 4.98 Å². The summed E-state index contributed by atoms with van der Waals surface area (Å²) in [5.41, 5.74) is 0.327. The van der Waals surface area contributed by atoms with Crippen LogP contribution < -0.4 is 5.46 Å². The molecule has 0 spiro atoms. The summed E-state index contributed by atoms with van der Waals surface area (Å²) < 4.78 is 18.3. The van der Waals surface area contributed by atoms with Gasteiger partial charge in [-0.15, -0.1) is 0 Å². The molecular weight excluding hydrogens is 200 g/mol. The first-order valence-electron chi connectivity index (χ1n) is 4.23. The van der Waals surface area contributed by atoms with E-state index >= 15 is 0 Å². The van der Waals surface area contributed by atoms with Crippen LogP contribution >= 0.6 is 0 Å². The lowest BCUT2D eigenvalue weighted by Crippen LogP contribution is -2.32. The summed E-state index contributed by atoms with van der Waals surface area (Å²) in [5.74, 6) is -0.272. The summed E-state index contributed by atoms with van der Waals surface area (Å²) in [6, 6.07) is 3.98. The Morgan fingerprint density at radius 2 is 2.13 bits per heavy atom. The van der Waals surface area contributed by atoms with E-state index in [9.17, 15) is 4.39 Å². The minimum atomic E-state index is -1.81. The summed E-state index contributed by atoms with van der Waals surface area (Å²) in [6.07, 6.45) is 2.69. The van der Waals surface area contributed by atoms with Crippen LogP contribution in [0.4, 0.5) is 4.39 Å². The lowest BCUT2D eigenvalue weighted by molar-refractivity contribution is 0.423. The first-order chi connectivity index (χ1) is 7.18. The lowest BCUT2D eigenvalue weighted by atomic mass is 9.79. The number of nitrogens with zero attached hydrogens (tertiary/aromatic N) is 1. The number of hydrogen-bond donors (Lipinski definition) is 2. The van der Waals surface area contributed by atoms with Crippen molar-refractivity contribution in [2.75, 3.05) is 0 Å². The molecule has 2 aromatic rings. The van der Waals surface area contributed by atoms with E-state index in [4.69, 9.17) is 14.5 Å². The van der Waals surface area contributed by atoms with Gasteiger partial charge in [-0.2, -0.15) is 0 Å². The van der Waals surface area contributed by atoms with E-state index in [1.54, 1.807) is 0 Å². The van der Waals surface area contributed by atoms with Gasteiger partial charge in [-0.1, -0.05) is 12.1 Å². The molecule has 0 radical (unpaired) electrons. The Bertz CT molecular complexity index is 458. The van der Waals surface area contributed by atoms with E-state index in [1.807, 2.05) is 0 Å². The van der Waals surface area contributed by atoms with Crippen molar-refractivity contribution in [2.24, 2.45) is 0 Å². The molecule has 1 heterocycles. The van der Waals surface area contributed by atoms with E-state index in [-0.39, 0.29) is 5.46 Å². The molecule has 0 aliphatic heterocycles. The normalized spacial score (nSPS) is 10.3. The first-order valence-corrected chi connectivity index (χ1v) is 4.23. The third-order valence-corrected chi connectivity index (χ3v) is 2.00. The van der Waals surface area contributed by atoms with Gasteiger partial charge in [-0.05, 0) is 6.07 Å². The molecule has 0 fully saturated rings. The van der Waals surface area contributed by atoms with Crippen molar-refractivity contribution in [1.29, 1.82) is 0 Å². The highest BCUT2D eigenvalue weighted by molar-refractivity contribution is 6.58. The summed E-state index contributed by atoms with van der Waals surface area (Å²) in [6.45, 7) is 0. The smallest absolute Gasteiger partial charge is 0.444 e. The zero-order valence-corrected chi connectivity index (χ0v) is 7.59. The van der Waals surface area contributed by atoms with E-state index in [0.717, 1.165) is 6.07 Å². The van der Waals surface area contributed by atoms with Crippen LogP contribution in [0.5, 0.6) is 0 Å². The van der Waals surface area contributed by atoms with E-state index in [1.165, 1.54) is 24.7 Å². The number of benzene rings is 1. The fourth-order valence-corrected chi connectivity index (χ4v) is 1.25. The van der Waals surface area contributed by atoms with Gasteiger partial charge in [-0.25, -0.2) is 9.37 Å². The van der Waals surface area contributed by atoms with Crippen molar-refractivity contribution in [2.45, 2.75) is 0 Å². The molecule has 76 valence electrons. The number of hydrogen-bond acceptors (Lipinski definition) is 4. The molecule has 1 aromatic carbocycles. The predicted octanol–water partition coefficient (Wildman–Crippen LogP) is 0.160. The van der Waals surface area contributed by atoms with Gasteiger partial charge in [-0.3, -0.25) is 0 Å². The molecule has 0 unspecified atom stereocenters. The second kappa shape index (κ2) is 3.84. The second-order valence-corrected chi connectivity index (χ2v) is 2.98. The predicted molar refractivity (Wildman–Crippen MR) is 51.7 cm³/mol. The SMILES string of the molecule is OB(O)c1ccc(-c2cnco2)cc1F. The zero-order valence-electron chi connectivity index (χ0n) is 7.59. The van der Waals surface area contributed by atoms with Gasteiger partial charge in [0, 0.05) is 11.0 Å². The standard InChI is InChI=1S/C9H7BFNO3/c11-8-3-6(9-4-12-5-15-9)1-2-7(8)10(13)14/h1-5,13-14H. The molecule has 15 heavy (non-hydrogen) atoms. The Labute approximate surface area is 85.1 Å². The Morgan fingerprint density at radius 3 is 2.67 bits per heavy atom.